The number of amides is 1. The zero-order valence-electron chi connectivity index (χ0n) is 20.2. The van der Waals surface area contributed by atoms with Crippen LogP contribution in [-0.4, -0.2) is 60.3 Å². The monoisotopic (exact) mass is 464 g/mol. The first-order chi connectivity index (χ1) is 15.5. The molecule has 8 nitrogen and oxygen atoms in total. The summed E-state index contributed by atoms with van der Waals surface area (Å²) in [5.41, 5.74) is -0.256. The summed E-state index contributed by atoms with van der Waals surface area (Å²) in [4.78, 5) is 26.7. The van der Waals surface area contributed by atoms with Gasteiger partial charge in [-0.05, 0) is 78.3 Å². The third-order valence-electron chi connectivity index (χ3n) is 6.68. The van der Waals surface area contributed by atoms with Crippen molar-refractivity contribution in [1.29, 1.82) is 0 Å². The molecule has 184 valence electrons. The average molecular weight is 465 g/mol. The maximum atomic E-state index is 14.3. The Morgan fingerprint density at radius 2 is 1.85 bits per heavy atom. The van der Waals surface area contributed by atoms with E-state index >= 15 is 0 Å². The third-order valence-corrected chi connectivity index (χ3v) is 6.68. The van der Waals surface area contributed by atoms with Crippen LogP contribution in [-0.2, 0) is 4.74 Å². The zero-order chi connectivity index (χ0) is 24.2. The molecule has 1 N–H and O–H groups in total. The van der Waals surface area contributed by atoms with Crippen LogP contribution in [0, 0.1) is 21.8 Å². The Balaban J connectivity index is 1.40. The lowest BCUT2D eigenvalue weighted by molar-refractivity contribution is -0.385. The molecule has 1 aromatic rings. The minimum absolute atomic E-state index is 0.171. The first kappa shape index (κ1) is 25.2. The number of nitro groups is 1. The summed E-state index contributed by atoms with van der Waals surface area (Å²) < 4.78 is 19.7. The van der Waals surface area contributed by atoms with Crippen molar-refractivity contribution >= 4 is 17.5 Å². The highest BCUT2D eigenvalue weighted by Crippen LogP contribution is 2.30. The maximum Gasteiger partial charge on any atom is 0.407 e. The molecule has 1 saturated carbocycles. The number of non-ortho nitro benzene ring substituents is 1. The highest BCUT2D eigenvalue weighted by atomic mass is 19.1. The Morgan fingerprint density at radius 3 is 2.39 bits per heavy atom. The summed E-state index contributed by atoms with van der Waals surface area (Å²) in [5, 5.41) is 13.8. The SMILES string of the molecule is CN(CC1CCN(c2ccc([N+](=O)[O-])cc2F)CC1)C1CCC(NC(=O)OC(C)(C)C)CC1. The molecule has 0 bridgehead atoms. The van der Waals surface area contributed by atoms with Crippen LogP contribution in [0.3, 0.4) is 0 Å². The van der Waals surface area contributed by atoms with Crippen molar-refractivity contribution in [3.05, 3.63) is 34.1 Å². The standard InChI is InChI=1S/C24H37FN4O4/c1-24(2,3)33-23(30)26-18-5-7-19(8-6-18)27(4)16-17-11-13-28(14-12-17)22-10-9-20(29(31)32)15-21(22)25/h9-10,15,17-19H,5-8,11-14,16H2,1-4H3,(H,26,30). The van der Waals surface area contributed by atoms with E-state index in [0.29, 0.717) is 17.6 Å². The van der Waals surface area contributed by atoms with Gasteiger partial charge in [-0.25, -0.2) is 9.18 Å². The van der Waals surface area contributed by atoms with Gasteiger partial charge in [0, 0.05) is 37.8 Å². The Morgan fingerprint density at radius 1 is 1.21 bits per heavy atom. The molecule has 2 aliphatic rings. The van der Waals surface area contributed by atoms with E-state index in [9.17, 15) is 19.3 Å². The molecule has 0 unspecified atom stereocenters. The number of rotatable bonds is 6. The molecule has 1 heterocycles. The van der Waals surface area contributed by atoms with Crippen molar-refractivity contribution < 1.29 is 18.8 Å². The van der Waals surface area contributed by atoms with Gasteiger partial charge in [-0.2, -0.15) is 0 Å². The molecular weight excluding hydrogens is 427 g/mol. The second kappa shape index (κ2) is 10.7. The highest BCUT2D eigenvalue weighted by Gasteiger charge is 2.29. The van der Waals surface area contributed by atoms with Gasteiger partial charge < -0.3 is 19.9 Å². The Kier molecular flexibility index (Phi) is 8.15. The Bertz CT molecular complexity index is 828. The van der Waals surface area contributed by atoms with Crippen LogP contribution in [0.15, 0.2) is 18.2 Å². The molecule has 0 radical (unpaired) electrons. The maximum absolute atomic E-state index is 14.3. The molecule has 1 saturated heterocycles. The smallest absolute Gasteiger partial charge is 0.407 e. The molecule has 0 spiro atoms. The molecule has 0 atom stereocenters. The second-order valence-electron chi connectivity index (χ2n) is 10.4. The molecule has 1 amide bonds. The second-order valence-corrected chi connectivity index (χ2v) is 10.4. The fourth-order valence-corrected chi connectivity index (χ4v) is 4.91. The zero-order valence-corrected chi connectivity index (χ0v) is 20.2. The summed E-state index contributed by atoms with van der Waals surface area (Å²) in [7, 11) is 2.18. The molecule has 1 aromatic carbocycles. The van der Waals surface area contributed by atoms with Crippen LogP contribution in [0.2, 0.25) is 0 Å². The summed E-state index contributed by atoms with van der Waals surface area (Å²) in [6, 6.07) is 4.57. The number of anilines is 1. The lowest BCUT2D eigenvalue weighted by Crippen LogP contribution is -2.46. The molecule has 1 aliphatic carbocycles. The summed E-state index contributed by atoms with van der Waals surface area (Å²) in [6.07, 6.45) is 5.59. The van der Waals surface area contributed by atoms with Crippen LogP contribution in [0.25, 0.3) is 0 Å². The van der Waals surface area contributed by atoms with Gasteiger partial charge in [0.2, 0.25) is 0 Å². The van der Waals surface area contributed by atoms with Gasteiger partial charge in [0.25, 0.3) is 5.69 Å². The number of hydrogen-bond donors (Lipinski definition) is 1. The largest absolute Gasteiger partial charge is 0.444 e. The average Bonchev–Trinajstić information content (AvgIpc) is 2.73. The van der Waals surface area contributed by atoms with Crippen molar-refractivity contribution in [3.63, 3.8) is 0 Å². The van der Waals surface area contributed by atoms with Crippen molar-refractivity contribution in [2.75, 3.05) is 31.6 Å². The number of carbonyl (C=O) groups is 1. The van der Waals surface area contributed by atoms with Crippen LogP contribution in [0.4, 0.5) is 20.6 Å². The van der Waals surface area contributed by atoms with E-state index in [4.69, 9.17) is 4.74 Å². The third kappa shape index (κ3) is 7.28. The van der Waals surface area contributed by atoms with E-state index in [0.717, 1.165) is 64.2 Å². The highest BCUT2D eigenvalue weighted by molar-refractivity contribution is 5.68. The van der Waals surface area contributed by atoms with Gasteiger partial charge in [0.15, 0.2) is 5.82 Å². The molecule has 9 heteroatoms. The number of piperidine rings is 1. The van der Waals surface area contributed by atoms with Crippen molar-refractivity contribution in [2.24, 2.45) is 5.92 Å². The number of hydrogen-bond acceptors (Lipinski definition) is 6. The van der Waals surface area contributed by atoms with Gasteiger partial charge in [-0.1, -0.05) is 0 Å². The first-order valence-corrected chi connectivity index (χ1v) is 11.9. The van der Waals surface area contributed by atoms with Crippen LogP contribution in [0.5, 0.6) is 0 Å². The molecule has 3 rings (SSSR count). The minimum atomic E-state index is -0.573. The van der Waals surface area contributed by atoms with Crippen molar-refractivity contribution in [1.82, 2.24) is 10.2 Å². The lowest BCUT2D eigenvalue weighted by atomic mass is 9.89. The molecule has 2 fully saturated rings. The quantitative estimate of drug-likeness (QED) is 0.484. The molecule has 0 aromatic heterocycles. The van der Waals surface area contributed by atoms with Gasteiger partial charge in [-0.3, -0.25) is 10.1 Å². The van der Waals surface area contributed by atoms with Crippen LogP contribution < -0.4 is 10.2 Å². The Labute approximate surface area is 195 Å². The fraction of sp³-hybridized carbons (Fsp3) is 0.708. The van der Waals surface area contributed by atoms with E-state index in [1.54, 1.807) is 0 Å². The van der Waals surface area contributed by atoms with Gasteiger partial charge in [0.05, 0.1) is 16.7 Å². The topological polar surface area (TPSA) is 88.0 Å². The molecule has 1 aliphatic heterocycles. The number of nitro benzene ring substituents is 1. The van der Waals surface area contributed by atoms with E-state index in [-0.39, 0.29) is 17.8 Å². The molecule has 33 heavy (non-hydrogen) atoms. The Hall–Kier alpha value is -2.42. The predicted octanol–water partition coefficient (Wildman–Crippen LogP) is 4.72. The van der Waals surface area contributed by atoms with E-state index in [1.165, 1.54) is 12.1 Å². The molecular formula is C24H37FN4O4. The number of carbonyl (C=O) groups excluding carboxylic acids is 1. The van der Waals surface area contributed by atoms with Crippen LogP contribution in [0.1, 0.15) is 59.3 Å². The summed E-state index contributed by atoms with van der Waals surface area (Å²) >= 11 is 0. The number of benzene rings is 1. The number of nitrogens with zero attached hydrogens (tertiary/aromatic N) is 3. The first-order valence-electron chi connectivity index (χ1n) is 11.9. The number of nitrogens with one attached hydrogen (secondary N) is 1. The van der Waals surface area contributed by atoms with Crippen molar-refractivity contribution in [2.45, 2.75) is 77.0 Å². The predicted molar refractivity (Wildman–Crippen MR) is 126 cm³/mol. The van der Waals surface area contributed by atoms with Gasteiger partial charge in [-0.15, -0.1) is 0 Å². The fourth-order valence-electron chi connectivity index (χ4n) is 4.91. The van der Waals surface area contributed by atoms with E-state index in [2.05, 4.69) is 17.3 Å². The van der Waals surface area contributed by atoms with Crippen LogP contribution >= 0.6 is 0 Å². The summed E-state index contributed by atoms with van der Waals surface area (Å²) in [6.45, 7) is 8.10. The van der Waals surface area contributed by atoms with Gasteiger partial charge >= 0.3 is 6.09 Å². The number of halogens is 1. The van der Waals surface area contributed by atoms with Crippen molar-refractivity contribution in [3.8, 4) is 0 Å². The summed E-state index contributed by atoms with van der Waals surface area (Å²) in [5.74, 6) is 0.0153. The minimum Gasteiger partial charge on any atom is -0.444 e. The number of alkyl carbamates (subject to hydrolysis) is 1. The van der Waals surface area contributed by atoms with Gasteiger partial charge in [0.1, 0.15) is 5.60 Å². The lowest BCUT2D eigenvalue weighted by Gasteiger charge is -2.39. The van der Waals surface area contributed by atoms with E-state index in [1.807, 2.05) is 25.7 Å². The normalized spacial score (nSPS) is 22.3. The van der Waals surface area contributed by atoms with E-state index < -0.39 is 16.3 Å². The number of ether oxygens (including phenoxy) is 1.